The molecule has 0 fully saturated rings. The summed E-state index contributed by atoms with van der Waals surface area (Å²) in [7, 11) is 0. The summed E-state index contributed by atoms with van der Waals surface area (Å²) >= 11 is 6.95. The summed E-state index contributed by atoms with van der Waals surface area (Å²) in [6.07, 6.45) is 0. The van der Waals surface area contributed by atoms with Crippen molar-refractivity contribution in [1.29, 1.82) is 0 Å². The van der Waals surface area contributed by atoms with Crippen LogP contribution in [0.2, 0.25) is 5.02 Å². The van der Waals surface area contributed by atoms with Gasteiger partial charge >= 0.3 is 5.97 Å². The molecule has 4 nitrogen and oxygen atoms in total. The number of thiophene rings is 1. The molecule has 0 saturated carbocycles. The lowest BCUT2D eigenvalue weighted by atomic mass is 10.1. The first-order valence-electron chi connectivity index (χ1n) is 5.36. The molecule has 6 heteroatoms. The highest BCUT2D eigenvalue weighted by atomic mass is 35.5. The molecule has 1 aromatic heterocycles. The quantitative estimate of drug-likeness (QED) is 0.908. The standard InChI is InChI=1S/C13H10ClNO3S/c1-7-4-8(6-9(14)5-7)12(16)15-10-2-3-19-11(10)13(17)18/h2-6H,1H3,(H,15,16)(H,17,18). The molecule has 2 N–H and O–H groups in total. The second-order valence-electron chi connectivity index (χ2n) is 3.94. The van der Waals surface area contributed by atoms with Crippen LogP contribution in [0.15, 0.2) is 29.6 Å². The Kier molecular flexibility index (Phi) is 3.87. The maximum Gasteiger partial charge on any atom is 0.348 e. The number of carboxylic acid groups (broad SMARTS) is 1. The van der Waals surface area contributed by atoms with Crippen molar-refractivity contribution in [3.63, 3.8) is 0 Å². The number of amides is 1. The minimum atomic E-state index is -1.06. The minimum Gasteiger partial charge on any atom is -0.477 e. The van der Waals surface area contributed by atoms with Crippen molar-refractivity contribution in [2.45, 2.75) is 6.92 Å². The predicted molar refractivity (Wildman–Crippen MR) is 75.4 cm³/mol. The smallest absolute Gasteiger partial charge is 0.348 e. The van der Waals surface area contributed by atoms with Crippen molar-refractivity contribution in [1.82, 2.24) is 0 Å². The SMILES string of the molecule is Cc1cc(Cl)cc(C(=O)Nc2ccsc2C(=O)O)c1. The monoisotopic (exact) mass is 295 g/mol. The maximum absolute atomic E-state index is 12.0. The van der Waals surface area contributed by atoms with Gasteiger partial charge in [0.15, 0.2) is 0 Å². The fourth-order valence-corrected chi connectivity index (χ4v) is 2.61. The molecule has 0 saturated heterocycles. The largest absolute Gasteiger partial charge is 0.477 e. The van der Waals surface area contributed by atoms with Crippen molar-refractivity contribution >= 4 is 40.5 Å². The summed E-state index contributed by atoms with van der Waals surface area (Å²) in [5.74, 6) is -1.45. The fourth-order valence-electron chi connectivity index (χ4n) is 1.64. The van der Waals surface area contributed by atoms with Crippen LogP contribution in [0.3, 0.4) is 0 Å². The van der Waals surface area contributed by atoms with E-state index in [0.717, 1.165) is 16.9 Å². The van der Waals surface area contributed by atoms with Crippen LogP contribution in [-0.2, 0) is 0 Å². The Bertz CT molecular complexity index is 631. The van der Waals surface area contributed by atoms with Crippen molar-refractivity contribution in [2.75, 3.05) is 5.32 Å². The van der Waals surface area contributed by atoms with E-state index in [2.05, 4.69) is 5.32 Å². The van der Waals surface area contributed by atoms with Crippen LogP contribution in [0.1, 0.15) is 25.6 Å². The van der Waals surface area contributed by atoms with Crippen molar-refractivity contribution in [3.05, 3.63) is 50.7 Å². The highest BCUT2D eigenvalue weighted by molar-refractivity contribution is 7.12. The number of carboxylic acids is 1. The van der Waals surface area contributed by atoms with Gasteiger partial charge in [-0.25, -0.2) is 4.79 Å². The van der Waals surface area contributed by atoms with Crippen LogP contribution in [0.4, 0.5) is 5.69 Å². The number of anilines is 1. The molecule has 2 rings (SSSR count). The summed E-state index contributed by atoms with van der Waals surface area (Å²) < 4.78 is 0. The van der Waals surface area contributed by atoms with Gasteiger partial charge in [0.2, 0.25) is 0 Å². The molecule has 1 heterocycles. The zero-order valence-corrected chi connectivity index (χ0v) is 11.5. The number of hydrogen-bond donors (Lipinski definition) is 2. The van der Waals surface area contributed by atoms with Crippen LogP contribution in [0.5, 0.6) is 0 Å². The summed E-state index contributed by atoms with van der Waals surface area (Å²) in [4.78, 5) is 23.1. The number of aryl methyl sites for hydroxylation is 1. The van der Waals surface area contributed by atoms with Gasteiger partial charge in [0.1, 0.15) is 4.88 Å². The number of aromatic carboxylic acids is 1. The molecule has 0 bridgehead atoms. The van der Waals surface area contributed by atoms with Crippen molar-refractivity contribution < 1.29 is 14.7 Å². The van der Waals surface area contributed by atoms with E-state index >= 15 is 0 Å². The second-order valence-corrected chi connectivity index (χ2v) is 5.29. The van der Waals surface area contributed by atoms with Crippen LogP contribution in [-0.4, -0.2) is 17.0 Å². The first-order chi connectivity index (χ1) is 8.97. The molecule has 0 unspecified atom stereocenters. The van der Waals surface area contributed by atoms with Gasteiger partial charge in [0, 0.05) is 10.6 Å². The van der Waals surface area contributed by atoms with Gasteiger partial charge in [0.25, 0.3) is 5.91 Å². The summed E-state index contributed by atoms with van der Waals surface area (Å²) in [5, 5.41) is 13.6. The lowest BCUT2D eigenvalue weighted by Gasteiger charge is -2.06. The molecule has 2 aromatic rings. The molecule has 0 aliphatic carbocycles. The third kappa shape index (κ3) is 3.13. The highest BCUT2D eigenvalue weighted by Crippen LogP contribution is 2.23. The number of halogens is 1. The summed E-state index contributed by atoms with van der Waals surface area (Å²) in [5.41, 5.74) is 1.55. The van der Waals surface area contributed by atoms with E-state index in [-0.39, 0.29) is 10.8 Å². The Labute approximate surface area is 118 Å². The Morgan fingerprint density at radius 3 is 2.68 bits per heavy atom. The Morgan fingerprint density at radius 2 is 2.05 bits per heavy atom. The Hall–Kier alpha value is -1.85. The molecule has 1 aromatic carbocycles. The number of carbonyl (C=O) groups is 2. The molecule has 19 heavy (non-hydrogen) atoms. The molecule has 0 atom stereocenters. The van der Waals surface area contributed by atoms with Crippen LogP contribution < -0.4 is 5.32 Å². The van der Waals surface area contributed by atoms with E-state index in [1.807, 2.05) is 6.92 Å². The fraction of sp³-hybridized carbons (Fsp3) is 0.0769. The number of benzene rings is 1. The normalized spacial score (nSPS) is 10.2. The van der Waals surface area contributed by atoms with E-state index < -0.39 is 5.97 Å². The van der Waals surface area contributed by atoms with Crippen LogP contribution in [0.25, 0.3) is 0 Å². The highest BCUT2D eigenvalue weighted by Gasteiger charge is 2.15. The Balaban J connectivity index is 2.25. The number of hydrogen-bond acceptors (Lipinski definition) is 3. The molecule has 98 valence electrons. The molecule has 0 aliphatic rings. The molecular weight excluding hydrogens is 286 g/mol. The van der Waals surface area contributed by atoms with Gasteiger partial charge < -0.3 is 10.4 Å². The second kappa shape index (κ2) is 5.42. The van der Waals surface area contributed by atoms with Gasteiger partial charge in [-0.2, -0.15) is 0 Å². The first-order valence-corrected chi connectivity index (χ1v) is 6.62. The molecular formula is C13H10ClNO3S. The first kappa shape index (κ1) is 13.6. The van der Waals surface area contributed by atoms with Gasteiger partial charge in [-0.05, 0) is 42.1 Å². The maximum atomic E-state index is 12.0. The molecule has 0 aliphatic heterocycles. The third-order valence-corrected chi connectivity index (χ3v) is 3.53. The van der Waals surface area contributed by atoms with Crippen molar-refractivity contribution in [3.8, 4) is 0 Å². The van der Waals surface area contributed by atoms with E-state index in [0.29, 0.717) is 16.3 Å². The summed E-state index contributed by atoms with van der Waals surface area (Å²) in [6.45, 7) is 1.83. The average Bonchev–Trinajstić information content (AvgIpc) is 2.75. The predicted octanol–water partition coefficient (Wildman–Crippen LogP) is 3.66. The molecule has 0 radical (unpaired) electrons. The van der Waals surface area contributed by atoms with Gasteiger partial charge in [-0.3, -0.25) is 4.79 Å². The van der Waals surface area contributed by atoms with Crippen LogP contribution in [0, 0.1) is 6.92 Å². The average molecular weight is 296 g/mol. The Morgan fingerprint density at radius 1 is 1.32 bits per heavy atom. The van der Waals surface area contributed by atoms with Crippen molar-refractivity contribution in [2.24, 2.45) is 0 Å². The zero-order valence-electron chi connectivity index (χ0n) is 9.94. The lowest BCUT2D eigenvalue weighted by molar-refractivity contribution is 0.0703. The van der Waals surface area contributed by atoms with Crippen LogP contribution >= 0.6 is 22.9 Å². The number of carbonyl (C=O) groups excluding carboxylic acids is 1. The van der Waals surface area contributed by atoms with E-state index in [9.17, 15) is 9.59 Å². The van der Waals surface area contributed by atoms with E-state index in [4.69, 9.17) is 16.7 Å². The molecule has 1 amide bonds. The number of rotatable bonds is 3. The number of nitrogens with one attached hydrogen (secondary N) is 1. The third-order valence-electron chi connectivity index (χ3n) is 2.41. The lowest BCUT2D eigenvalue weighted by Crippen LogP contribution is -2.13. The molecule has 0 spiro atoms. The minimum absolute atomic E-state index is 0.104. The van der Waals surface area contributed by atoms with Gasteiger partial charge in [-0.1, -0.05) is 11.6 Å². The van der Waals surface area contributed by atoms with Gasteiger partial charge in [-0.15, -0.1) is 11.3 Å². The zero-order chi connectivity index (χ0) is 14.0. The van der Waals surface area contributed by atoms with E-state index in [1.165, 1.54) is 6.07 Å². The van der Waals surface area contributed by atoms with Gasteiger partial charge in [0.05, 0.1) is 5.69 Å². The van der Waals surface area contributed by atoms with E-state index in [1.54, 1.807) is 23.6 Å². The topological polar surface area (TPSA) is 66.4 Å². The summed E-state index contributed by atoms with van der Waals surface area (Å²) in [6, 6.07) is 6.53.